The lowest BCUT2D eigenvalue weighted by Crippen LogP contribution is -2.45. The first-order valence-corrected chi connectivity index (χ1v) is 9.94. The summed E-state index contributed by atoms with van der Waals surface area (Å²) in [5, 5.41) is 7.89. The number of sulfonamides is 1. The molecule has 2 rings (SSSR count). The average molecular weight is 367 g/mol. The summed E-state index contributed by atoms with van der Waals surface area (Å²) in [6, 6.07) is 5.64. The maximum absolute atomic E-state index is 12.4. The van der Waals surface area contributed by atoms with Crippen LogP contribution in [0.1, 0.15) is 25.8 Å². The van der Waals surface area contributed by atoms with Gasteiger partial charge in [-0.1, -0.05) is 32.4 Å². The summed E-state index contributed by atoms with van der Waals surface area (Å²) < 4.78 is 22.4. The van der Waals surface area contributed by atoms with Crippen molar-refractivity contribution in [1.82, 2.24) is 10.2 Å². The molecule has 3 N–H and O–H groups in total. The Balaban J connectivity index is 1.89. The number of hydrogen-bond acceptors (Lipinski definition) is 4. The van der Waals surface area contributed by atoms with Gasteiger partial charge in [-0.15, -0.1) is 0 Å². The van der Waals surface area contributed by atoms with Gasteiger partial charge in [0.25, 0.3) is 0 Å². The van der Waals surface area contributed by atoms with Crippen molar-refractivity contribution in [1.29, 1.82) is 0 Å². The summed E-state index contributed by atoms with van der Waals surface area (Å²) in [6.07, 6.45) is 2.29. The molecule has 0 aromatic heterocycles. The number of likely N-dealkylation sites (tertiary alicyclic amines) is 1. The zero-order valence-electron chi connectivity index (χ0n) is 14.5. The lowest BCUT2D eigenvalue weighted by Gasteiger charge is -2.23. The number of nitrogens with two attached hydrogens (primary N) is 1. The van der Waals surface area contributed by atoms with E-state index in [1.807, 2.05) is 6.92 Å². The second-order valence-corrected chi connectivity index (χ2v) is 8.06. The average Bonchev–Trinajstić information content (AvgIpc) is 2.90. The second kappa shape index (κ2) is 7.97. The number of benzene rings is 1. The summed E-state index contributed by atoms with van der Waals surface area (Å²) in [7, 11) is -3.70. The Bertz CT molecular complexity index is 718. The molecule has 1 aromatic carbocycles. The largest absolute Gasteiger partial charge is 0.338 e. The van der Waals surface area contributed by atoms with E-state index in [1.165, 1.54) is 12.1 Å². The van der Waals surface area contributed by atoms with Gasteiger partial charge in [0, 0.05) is 13.1 Å². The van der Waals surface area contributed by atoms with E-state index in [2.05, 4.69) is 12.2 Å². The van der Waals surface area contributed by atoms with Gasteiger partial charge in [-0.25, -0.2) is 18.4 Å². The molecule has 7 nitrogen and oxygen atoms in total. The van der Waals surface area contributed by atoms with Gasteiger partial charge in [0.1, 0.15) is 6.29 Å². The number of rotatable bonds is 6. The van der Waals surface area contributed by atoms with Crippen molar-refractivity contribution in [3.63, 3.8) is 0 Å². The molecule has 1 aliphatic rings. The van der Waals surface area contributed by atoms with Crippen molar-refractivity contribution in [2.45, 2.75) is 37.6 Å². The van der Waals surface area contributed by atoms with Crippen LogP contribution in [0.5, 0.6) is 0 Å². The zero-order valence-corrected chi connectivity index (χ0v) is 15.3. The van der Waals surface area contributed by atoms with Crippen LogP contribution in [0.15, 0.2) is 29.2 Å². The van der Waals surface area contributed by atoms with Gasteiger partial charge >= 0.3 is 6.03 Å². The first-order chi connectivity index (χ1) is 11.8. The number of urea groups is 1. The molecule has 138 valence electrons. The Kier molecular flexibility index (Phi) is 6.18. The molecule has 0 aliphatic carbocycles. The number of nitrogens with one attached hydrogen (secondary N) is 1. The predicted molar refractivity (Wildman–Crippen MR) is 94.4 cm³/mol. The number of aldehydes is 1. The van der Waals surface area contributed by atoms with Gasteiger partial charge in [0.05, 0.1) is 10.9 Å². The molecule has 0 saturated carbocycles. The standard InChI is InChI=1S/C17H25N3O4S/c1-3-15-12(2)10-20(16(15)11-21)17(22)19-9-8-13-4-6-14(7-5-13)25(18,23)24/h4-7,11-12,15-16H,3,8-10H2,1-2H3,(H,19,22)(H2,18,23,24). The number of carbonyl (C=O) groups is 2. The highest BCUT2D eigenvalue weighted by Crippen LogP contribution is 2.30. The van der Waals surface area contributed by atoms with Gasteiger partial charge < -0.3 is 15.0 Å². The van der Waals surface area contributed by atoms with Crippen molar-refractivity contribution in [2.75, 3.05) is 13.1 Å². The number of primary sulfonamides is 1. The van der Waals surface area contributed by atoms with E-state index in [1.54, 1.807) is 17.0 Å². The molecule has 1 fully saturated rings. The third kappa shape index (κ3) is 4.58. The highest BCUT2D eigenvalue weighted by atomic mass is 32.2. The highest BCUT2D eigenvalue weighted by Gasteiger charge is 2.40. The van der Waals surface area contributed by atoms with Crippen molar-refractivity contribution < 1.29 is 18.0 Å². The second-order valence-electron chi connectivity index (χ2n) is 6.50. The molecule has 8 heteroatoms. The van der Waals surface area contributed by atoms with Crippen LogP contribution < -0.4 is 10.5 Å². The molecule has 1 aliphatic heterocycles. The van der Waals surface area contributed by atoms with Gasteiger partial charge in [0.15, 0.2) is 0 Å². The van der Waals surface area contributed by atoms with E-state index in [0.717, 1.165) is 18.3 Å². The Morgan fingerprint density at radius 1 is 1.36 bits per heavy atom. The van der Waals surface area contributed by atoms with Crippen LogP contribution in [0.3, 0.4) is 0 Å². The Labute approximate surface area is 148 Å². The predicted octanol–water partition coefficient (Wildman–Crippen LogP) is 1.13. The molecule has 2 amide bonds. The minimum absolute atomic E-state index is 0.0609. The minimum Gasteiger partial charge on any atom is -0.338 e. The molecule has 1 heterocycles. The molecule has 25 heavy (non-hydrogen) atoms. The van der Waals surface area contributed by atoms with Crippen molar-refractivity contribution in [3.8, 4) is 0 Å². The number of amides is 2. The van der Waals surface area contributed by atoms with Crippen LogP contribution in [-0.2, 0) is 21.2 Å². The van der Waals surface area contributed by atoms with Crippen molar-refractivity contribution in [3.05, 3.63) is 29.8 Å². The Morgan fingerprint density at radius 2 is 2.00 bits per heavy atom. The lowest BCUT2D eigenvalue weighted by atomic mass is 9.90. The summed E-state index contributed by atoms with van der Waals surface area (Å²) in [4.78, 5) is 25.4. The van der Waals surface area contributed by atoms with Gasteiger partial charge in [-0.3, -0.25) is 0 Å². The fourth-order valence-electron chi connectivity index (χ4n) is 3.43. The summed E-state index contributed by atoms with van der Waals surface area (Å²) in [5.74, 6) is 0.505. The van der Waals surface area contributed by atoms with Gasteiger partial charge in [-0.2, -0.15) is 0 Å². The zero-order chi connectivity index (χ0) is 18.6. The fraction of sp³-hybridized carbons (Fsp3) is 0.529. The van der Waals surface area contributed by atoms with E-state index in [4.69, 9.17) is 5.14 Å². The van der Waals surface area contributed by atoms with Crippen LogP contribution in [-0.4, -0.2) is 44.8 Å². The number of carbonyl (C=O) groups excluding carboxylic acids is 2. The summed E-state index contributed by atoms with van der Waals surface area (Å²) in [5.41, 5.74) is 0.890. The summed E-state index contributed by atoms with van der Waals surface area (Å²) in [6.45, 7) is 5.08. The van der Waals surface area contributed by atoms with E-state index >= 15 is 0 Å². The van der Waals surface area contributed by atoms with Gasteiger partial charge in [-0.05, 0) is 36.0 Å². The van der Waals surface area contributed by atoms with Crippen molar-refractivity contribution in [2.24, 2.45) is 17.0 Å². The molecule has 0 spiro atoms. The molecule has 0 radical (unpaired) electrons. The fourth-order valence-corrected chi connectivity index (χ4v) is 3.95. The molecule has 1 aromatic rings. The number of nitrogens with zero attached hydrogens (tertiary/aromatic N) is 1. The van der Waals surface area contributed by atoms with E-state index in [9.17, 15) is 18.0 Å². The third-order valence-corrected chi connectivity index (χ3v) is 5.76. The topological polar surface area (TPSA) is 110 Å². The number of hydrogen-bond donors (Lipinski definition) is 2. The minimum atomic E-state index is -3.70. The molecule has 1 saturated heterocycles. The van der Waals surface area contributed by atoms with E-state index in [0.29, 0.717) is 25.4 Å². The van der Waals surface area contributed by atoms with Crippen LogP contribution in [0, 0.1) is 11.8 Å². The van der Waals surface area contributed by atoms with Crippen molar-refractivity contribution >= 4 is 22.3 Å². The highest BCUT2D eigenvalue weighted by molar-refractivity contribution is 7.89. The van der Waals surface area contributed by atoms with E-state index < -0.39 is 10.0 Å². The smallest absolute Gasteiger partial charge is 0.318 e. The molecule has 3 atom stereocenters. The lowest BCUT2D eigenvalue weighted by molar-refractivity contribution is -0.111. The maximum Gasteiger partial charge on any atom is 0.318 e. The third-order valence-electron chi connectivity index (χ3n) is 4.83. The Morgan fingerprint density at radius 3 is 2.52 bits per heavy atom. The normalized spacial score (nSPS) is 23.5. The quantitative estimate of drug-likeness (QED) is 0.735. The van der Waals surface area contributed by atoms with Gasteiger partial charge in [0.2, 0.25) is 10.0 Å². The van der Waals surface area contributed by atoms with E-state index in [-0.39, 0.29) is 22.9 Å². The van der Waals surface area contributed by atoms with Crippen LogP contribution >= 0.6 is 0 Å². The molecular formula is C17H25N3O4S. The first-order valence-electron chi connectivity index (χ1n) is 8.39. The van der Waals surface area contributed by atoms with Crippen LogP contribution in [0.2, 0.25) is 0 Å². The maximum atomic E-state index is 12.4. The Hall–Kier alpha value is -1.93. The monoisotopic (exact) mass is 367 g/mol. The molecule has 0 bridgehead atoms. The summed E-state index contributed by atoms with van der Waals surface area (Å²) >= 11 is 0. The first kappa shape index (κ1) is 19.4. The molecule has 3 unspecified atom stereocenters. The van der Waals surface area contributed by atoms with Crippen LogP contribution in [0.4, 0.5) is 4.79 Å². The SMILES string of the molecule is CCC1C(C)CN(C(=O)NCCc2ccc(S(N)(=O)=O)cc2)C1C=O. The molecular weight excluding hydrogens is 342 g/mol. The van der Waals surface area contributed by atoms with Crippen LogP contribution in [0.25, 0.3) is 0 Å².